The summed E-state index contributed by atoms with van der Waals surface area (Å²) in [6.07, 6.45) is 7.29. The number of β-amino-alcohol motifs (C(OH)–C–C–N with tert-alkyl or cyclic N) is 2. The average molecular weight is 716 g/mol. The minimum absolute atomic E-state index is 0.157. The van der Waals surface area contributed by atoms with Crippen molar-refractivity contribution in [2.45, 2.75) is 90.8 Å². The number of amidine groups is 1. The van der Waals surface area contributed by atoms with Gasteiger partial charge in [0.25, 0.3) is 0 Å². The number of nitrogen functional groups attached to an aromatic ring is 1. The van der Waals surface area contributed by atoms with Crippen molar-refractivity contribution in [3.05, 3.63) is 68.3 Å². The predicted octanol–water partition coefficient (Wildman–Crippen LogP) is 3.60. The molecule has 0 aliphatic carbocycles. The van der Waals surface area contributed by atoms with E-state index in [9.17, 15) is 15.5 Å². The summed E-state index contributed by atoms with van der Waals surface area (Å²) in [4.78, 5) is 18.3. The molecule has 6 N–H and O–H groups in total. The molecule has 7 rings (SSSR count). The van der Waals surface area contributed by atoms with Crippen LogP contribution in [-0.2, 0) is 18.0 Å². The summed E-state index contributed by atoms with van der Waals surface area (Å²) < 4.78 is 21.4. The molecule has 13 heteroatoms. The van der Waals surface area contributed by atoms with Crippen molar-refractivity contribution in [3.8, 4) is 6.07 Å². The highest BCUT2D eigenvalue weighted by Crippen LogP contribution is 2.45. The second-order valence-corrected chi connectivity index (χ2v) is 15.1. The van der Waals surface area contributed by atoms with Gasteiger partial charge < -0.3 is 40.8 Å². The number of aromatic amines is 1. The Morgan fingerprint density at radius 3 is 2.48 bits per heavy atom. The van der Waals surface area contributed by atoms with Gasteiger partial charge in [0.05, 0.1) is 43.2 Å². The lowest BCUT2D eigenvalue weighted by Crippen LogP contribution is -2.57. The van der Waals surface area contributed by atoms with Crippen LogP contribution in [0.3, 0.4) is 0 Å². The number of aliphatic hydroxyl groups is 2. The molecule has 0 amide bonds. The highest BCUT2D eigenvalue weighted by Gasteiger charge is 2.44. The number of ether oxygens (including phenoxy) is 1. The number of nitriles is 1. The van der Waals surface area contributed by atoms with E-state index in [1.165, 1.54) is 6.20 Å². The fourth-order valence-electron chi connectivity index (χ4n) is 9.17. The van der Waals surface area contributed by atoms with Crippen LogP contribution in [0.15, 0.2) is 23.1 Å². The number of rotatable bonds is 10. The fourth-order valence-corrected chi connectivity index (χ4v) is 9.17. The predicted molar refractivity (Wildman–Crippen MR) is 200 cm³/mol. The van der Waals surface area contributed by atoms with E-state index < -0.39 is 11.9 Å². The summed E-state index contributed by atoms with van der Waals surface area (Å²) in [7, 11) is 0. The van der Waals surface area contributed by atoms with E-state index in [0.717, 1.165) is 110 Å². The van der Waals surface area contributed by atoms with E-state index in [4.69, 9.17) is 15.5 Å². The number of fused-ring (bicyclic) bond motifs is 4. The van der Waals surface area contributed by atoms with Crippen molar-refractivity contribution in [2.75, 3.05) is 64.7 Å². The van der Waals surface area contributed by atoms with Crippen LogP contribution in [0.25, 0.3) is 5.83 Å². The Hall–Kier alpha value is -3.93. The van der Waals surface area contributed by atoms with Gasteiger partial charge in [-0.25, -0.2) is 9.38 Å². The number of nitrogens with two attached hydrogens (primary N) is 1. The Morgan fingerprint density at radius 1 is 1.12 bits per heavy atom. The van der Waals surface area contributed by atoms with E-state index in [0.29, 0.717) is 31.9 Å². The minimum Gasteiger partial charge on any atom is -0.395 e. The van der Waals surface area contributed by atoms with E-state index >= 15 is 4.39 Å². The Labute approximate surface area is 306 Å². The molecule has 0 radical (unpaired) electrons. The van der Waals surface area contributed by atoms with Crippen LogP contribution < -0.4 is 11.1 Å². The number of anilines is 1. The summed E-state index contributed by atoms with van der Waals surface area (Å²) >= 11 is 0. The lowest BCUT2D eigenvalue weighted by atomic mass is 9.81. The number of hydrogen-bond donors (Lipinski definition) is 5. The fraction of sp³-hybridized carbons (Fsp3) is 0.590. The Balaban J connectivity index is 1.38. The zero-order chi connectivity index (χ0) is 36.7. The van der Waals surface area contributed by atoms with Crippen molar-refractivity contribution in [1.82, 2.24) is 29.9 Å². The summed E-state index contributed by atoms with van der Waals surface area (Å²) in [6.45, 7) is 15.8. The molecule has 2 bridgehead atoms. The van der Waals surface area contributed by atoms with Crippen LogP contribution in [0.4, 0.5) is 10.2 Å². The van der Waals surface area contributed by atoms with E-state index in [2.05, 4.69) is 62.8 Å². The highest BCUT2D eigenvalue weighted by molar-refractivity contribution is 6.03. The van der Waals surface area contributed by atoms with E-state index in [1.807, 2.05) is 6.92 Å². The number of benzene rings is 1. The van der Waals surface area contributed by atoms with Crippen molar-refractivity contribution >= 4 is 17.5 Å². The van der Waals surface area contributed by atoms with Gasteiger partial charge in [-0.3, -0.25) is 9.80 Å². The third-order valence-electron chi connectivity index (χ3n) is 11.7. The van der Waals surface area contributed by atoms with Crippen molar-refractivity contribution in [3.63, 3.8) is 0 Å². The molecule has 0 spiro atoms. The van der Waals surface area contributed by atoms with Crippen LogP contribution in [0, 0.1) is 25.2 Å². The quantitative estimate of drug-likeness (QED) is 0.182. The van der Waals surface area contributed by atoms with Gasteiger partial charge >= 0.3 is 0 Å². The van der Waals surface area contributed by atoms with Gasteiger partial charge in [0.2, 0.25) is 0 Å². The molecule has 3 saturated heterocycles. The Kier molecular flexibility index (Phi) is 10.6. The number of hydrogen-bond acceptors (Lipinski definition) is 10. The topological polar surface area (TPSA) is 153 Å². The minimum atomic E-state index is -0.489. The number of nitrogens with one attached hydrogen (secondary N) is 2. The first-order valence-corrected chi connectivity index (χ1v) is 19.0. The molecular formula is C39H54FN9O3. The number of unbranched alkanes of at least 4 members (excludes halogenated alkanes) is 1. The number of allylic oxidation sites excluding steroid dienone is 1. The Bertz CT molecular complexity index is 1790. The number of likely N-dealkylation sites (tertiary alicyclic amines) is 1. The van der Waals surface area contributed by atoms with Crippen LogP contribution in [0.1, 0.15) is 95.8 Å². The molecule has 2 aromatic rings. The first kappa shape index (κ1) is 36.4. The largest absolute Gasteiger partial charge is 0.395 e. The van der Waals surface area contributed by atoms with Gasteiger partial charge in [0, 0.05) is 81.8 Å². The molecule has 52 heavy (non-hydrogen) atoms. The molecule has 6 heterocycles. The summed E-state index contributed by atoms with van der Waals surface area (Å²) in [5, 5.41) is 33.2. The zero-order valence-corrected chi connectivity index (χ0v) is 31.0. The molecule has 3 fully saturated rings. The van der Waals surface area contributed by atoms with Gasteiger partial charge in [-0.15, -0.1) is 0 Å². The molecule has 4 atom stereocenters. The van der Waals surface area contributed by atoms with Gasteiger partial charge in [-0.2, -0.15) is 5.26 Å². The maximum Gasteiger partial charge on any atom is 0.162 e. The van der Waals surface area contributed by atoms with E-state index in [-0.39, 0.29) is 41.9 Å². The molecule has 5 aliphatic heterocycles. The third-order valence-corrected chi connectivity index (χ3v) is 11.7. The van der Waals surface area contributed by atoms with Crippen LogP contribution in [-0.4, -0.2) is 118 Å². The van der Waals surface area contributed by atoms with Crippen LogP contribution >= 0.6 is 0 Å². The van der Waals surface area contributed by atoms with Crippen molar-refractivity contribution in [1.29, 1.82) is 5.26 Å². The van der Waals surface area contributed by atoms with E-state index in [1.54, 1.807) is 0 Å². The normalized spacial score (nSPS) is 24.4. The number of aromatic nitrogens is 1. The smallest absolute Gasteiger partial charge is 0.162 e. The van der Waals surface area contributed by atoms with Gasteiger partial charge in [0.1, 0.15) is 23.5 Å². The van der Waals surface area contributed by atoms with Crippen LogP contribution in [0.5, 0.6) is 0 Å². The van der Waals surface area contributed by atoms with Gasteiger partial charge in [0.15, 0.2) is 5.83 Å². The summed E-state index contributed by atoms with van der Waals surface area (Å²) in [5.41, 5.74) is 13.6. The molecule has 0 saturated carbocycles. The molecule has 280 valence electrons. The van der Waals surface area contributed by atoms with Crippen molar-refractivity contribution < 1.29 is 19.3 Å². The third kappa shape index (κ3) is 6.60. The first-order chi connectivity index (χ1) is 25.1. The van der Waals surface area contributed by atoms with Crippen LogP contribution in [0.2, 0.25) is 0 Å². The first-order valence-electron chi connectivity index (χ1n) is 19.0. The van der Waals surface area contributed by atoms with Gasteiger partial charge in [-0.1, -0.05) is 13.3 Å². The lowest BCUT2D eigenvalue weighted by Gasteiger charge is -2.44. The number of piperazine rings is 2. The standard InChI is InChI=1S/C39H54FN9O3/c1-5-6-7-32(48-12-10-46(11-13-48)14-15-50)44-39(49-26-8-9-27(49)20-47(19-26)18-23(2)51)34-25(4)24(3)33(29-21-52-22-30(29)34)37-35-28(16-41)38(42)45-36(35)31(40)17-43-37/h7,17,23,26-27,37,43,45,50-51H,5-6,8-15,18-22,42H2,1-4H3/b32-7-,44-39+. The second-order valence-electron chi connectivity index (χ2n) is 15.1. The number of aliphatic imine (C=N–C) groups is 1. The highest BCUT2D eigenvalue weighted by atomic mass is 19.1. The average Bonchev–Trinajstić information content (AvgIpc) is 3.81. The summed E-state index contributed by atoms with van der Waals surface area (Å²) in [6, 6.07) is 2.23. The molecule has 1 aromatic heterocycles. The molecule has 4 unspecified atom stereocenters. The number of nitrogens with zero attached hydrogens (tertiary/aromatic N) is 6. The number of aliphatic hydroxyl groups excluding tert-OH is 2. The molecule has 12 nitrogen and oxygen atoms in total. The molecule has 5 aliphatic rings. The summed E-state index contributed by atoms with van der Waals surface area (Å²) in [5.74, 6) is 1.64. The maximum atomic E-state index is 15.1. The molecule has 1 aromatic carbocycles. The molecular weight excluding hydrogens is 661 g/mol. The lowest BCUT2D eigenvalue weighted by molar-refractivity contribution is 0.0711. The maximum absolute atomic E-state index is 15.1. The second kappa shape index (κ2) is 15.2. The van der Waals surface area contributed by atoms with Crippen molar-refractivity contribution in [2.24, 2.45) is 4.99 Å². The number of halogens is 1. The zero-order valence-electron chi connectivity index (χ0n) is 31.0. The number of H-pyrrole nitrogens is 1. The Morgan fingerprint density at radius 2 is 1.83 bits per heavy atom. The van der Waals surface area contributed by atoms with Gasteiger partial charge in [-0.05, 0) is 73.9 Å². The monoisotopic (exact) mass is 715 g/mol. The SMILES string of the molecule is CCC/C=C(/N=C(\c1c(C)c(C)c(C2NC=C(F)c3[nH]c(N)c(C#N)c32)c2c1COC2)N1C2CCC1CN(CC(C)O)C2)N1CCN(CCO)CC1.